The topological polar surface area (TPSA) is 67.9 Å². The third kappa shape index (κ3) is 3.98. The van der Waals surface area contributed by atoms with Gasteiger partial charge in [0.05, 0.1) is 12.2 Å². The van der Waals surface area contributed by atoms with Crippen molar-refractivity contribution in [3.05, 3.63) is 53.1 Å². The van der Waals surface area contributed by atoms with Crippen LogP contribution in [0.3, 0.4) is 0 Å². The maximum absolute atomic E-state index is 12.7. The number of anilines is 2. The molecular formula is C19H19ClN2O4. The molecule has 2 amide bonds. The number of hydrogen-bond donors (Lipinski definition) is 1. The molecule has 0 spiro atoms. The van der Waals surface area contributed by atoms with Gasteiger partial charge >= 0.3 is 0 Å². The van der Waals surface area contributed by atoms with Crippen LogP contribution < -0.4 is 15.0 Å². The molecule has 0 saturated heterocycles. The molecule has 0 fully saturated rings. The molecule has 1 aliphatic heterocycles. The molecule has 1 heterocycles. The fourth-order valence-corrected chi connectivity index (χ4v) is 2.87. The lowest BCUT2D eigenvalue weighted by molar-refractivity contribution is -0.125. The Morgan fingerprint density at radius 2 is 2.00 bits per heavy atom. The lowest BCUT2D eigenvalue weighted by atomic mass is 10.1. The number of carbonyl (C=O) groups is 2. The van der Waals surface area contributed by atoms with Crippen LogP contribution in [0.1, 0.15) is 12.5 Å². The summed E-state index contributed by atoms with van der Waals surface area (Å²) in [6, 6.07) is 12.5. The highest BCUT2D eigenvalue weighted by Crippen LogP contribution is 2.37. The summed E-state index contributed by atoms with van der Waals surface area (Å²) in [6.07, 6.45) is -0.580. The van der Waals surface area contributed by atoms with E-state index in [0.717, 1.165) is 5.56 Å². The molecule has 7 heteroatoms. The van der Waals surface area contributed by atoms with Gasteiger partial charge in [0.1, 0.15) is 12.4 Å². The first-order valence-corrected chi connectivity index (χ1v) is 8.51. The normalized spacial score (nSPS) is 16.0. The molecule has 2 aromatic rings. The lowest BCUT2D eigenvalue weighted by Gasteiger charge is -2.33. The summed E-state index contributed by atoms with van der Waals surface area (Å²) in [5, 5.41) is 3.37. The van der Waals surface area contributed by atoms with E-state index in [2.05, 4.69) is 5.32 Å². The number of ether oxygens (including phenoxy) is 2. The van der Waals surface area contributed by atoms with Crippen molar-refractivity contribution in [1.82, 2.24) is 0 Å². The molecule has 26 heavy (non-hydrogen) atoms. The first-order valence-electron chi connectivity index (χ1n) is 8.13. The Labute approximate surface area is 156 Å². The van der Waals surface area contributed by atoms with E-state index in [-0.39, 0.29) is 18.4 Å². The van der Waals surface area contributed by atoms with Gasteiger partial charge in [0.25, 0.3) is 5.91 Å². The zero-order chi connectivity index (χ0) is 18.7. The van der Waals surface area contributed by atoms with E-state index < -0.39 is 6.10 Å². The summed E-state index contributed by atoms with van der Waals surface area (Å²) in [7, 11) is 1.45. The number of halogens is 1. The van der Waals surface area contributed by atoms with E-state index in [1.165, 1.54) is 7.11 Å². The zero-order valence-electron chi connectivity index (χ0n) is 14.5. The van der Waals surface area contributed by atoms with Gasteiger partial charge < -0.3 is 19.7 Å². The van der Waals surface area contributed by atoms with Crippen molar-refractivity contribution in [2.75, 3.05) is 23.9 Å². The first kappa shape index (κ1) is 18.2. The molecule has 1 atom stereocenters. The Bertz CT molecular complexity index is 823. The number of rotatable bonds is 5. The number of carbonyl (C=O) groups excluding carboxylic acids is 2. The van der Waals surface area contributed by atoms with E-state index >= 15 is 0 Å². The molecule has 2 aromatic carbocycles. The van der Waals surface area contributed by atoms with Gasteiger partial charge in [-0.05, 0) is 42.8 Å². The van der Waals surface area contributed by atoms with Gasteiger partial charge in [-0.25, -0.2) is 0 Å². The minimum atomic E-state index is -0.580. The summed E-state index contributed by atoms with van der Waals surface area (Å²) < 4.78 is 10.5. The molecule has 0 aromatic heterocycles. The summed E-state index contributed by atoms with van der Waals surface area (Å²) in [4.78, 5) is 26.1. The SMILES string of the molecule is COCC(=O)Nc1ccc2c(c1)N(Cc1ccc(Cl)cc1)C(=O)C(C)O2. The quantitative estimate of drug-likeness (QED) is 0.872. The van der Waals surface area contributed by atoms with Gasteiger partial charge in [-0.15, -0.1) is 0 Å². The fraction of sp³-hybridized carbons (Fsp3) is 0.263. The molecular weight excluding hydrogens is 356 g/mol. The third-order valence-electron chi connectivity index (χ3n) is 3.98. The van der Waals surface area contributed by atoms with E-state index in [1.807, 2.05) is 12.1 Å². The summed E-state index contributed by atoms with van der Waals surface area (Å²) in [6.45, 7) is 2.05. The smallest absolute Gasteiger partial charge is 0.268 e. The number of hydrogen-bond acceptors (Lipinski definition) is 4. The predicted octanol–water partition coefficient (Wildman–Crippen LogP) is 3.24. The highest BCUT2D eigenvalue weighted by Gasteiger charge is 2.31. The average Bonchev–Trinajstić information content (AvgIpc) is 2.61. The molecule has 136 valence electrons. The second-order valence-electron chi connectivity index (χ2n) is 5.97. The van der Waals surface area contributed by atoms with Crippen LogP contribution in [0.5, 0.6) is 5.75 Å². The monoisotopic (exact) mass is 374 g/mol. The lowest BCUT2D eigenvalue weighted by Crippen LogP contribution is -2.44. The van der Waals surface area contributed by atoms with E-state index in [4.69, 9.17) is 21.1 Å². The van der Waals surface area contributed by atoms with Crippen molar-refractivity contribution in [1.29, 1.82) is 0 Å². The van der Waals surface area contributed by atoms with Crippen LogP contribution in [0.25, 0.3) is 0 Å². The summed E-state index contributed by atoms with van der Waals surface area (Å²) in [5.74, 6) is 0.178. The fourth-order valence-electron chi connectivity index (χ4n) is 2.75. The van der Waals surface area contributed by atoms with Gasteiger partial charge in [0.15, 0.2) is 6.10 Å². The molecule has 0 saturated carbocycles. The van der Waals surface area contributed by atoms with Gasteiger partial charge in [-0.3, -0.25) is 9.59 Å². The molecule has 3 rings (SSSR count). The van der Waals surface area contributed by atoms with Gasteiger partial charge in [-0.1, -0.05) is 23.7 Å². The Hall–Kier alpha value is -2.57. The van der Waals surface area contributed by atoms with Crippen LogP contribution in [-0.2, 0) is 20.9 Å². The minimum Gasteiger partial charge on any atom is -0.479 e. The predicted molar refractivity (Wildman–Crippen MR) is 99.7 cm³/mol. The molecule has 1 aliphatic rings. The Kier molecular flexibility index (Phi) is 5.44. The first-order chi connectivity index (χ1) is 12.5. The van der Waals surface area contributed by atoms with Crippen LogP contribution in [0, 0.1) is 0 Å². The Morgan fingerprint density at radius 3 is 2.69 bits per heavy atom. The molecule has 6 nitrogen and oxygen atoms in total. The van der Waals surface area contributed by atoms with E-state index in [1.54, 1.807) is 42.2 Å². The third-order valence-corrected chi connectivity index (χ3v) is 4.23. The number of nitrogens with one attached hydrogen (secondary N) is 1. The second-order valence-corrected chi connectivity index (χ2v) is 6.41. The zero-order valence-corrected chi connectivity index (χ0v) is 15.2. The summed E-state index contributed by atoms with van der Waals surface area (Å²) in [5.41, 5.74) is 2.12. The van der Waals surface area contributed by atoms with Crippen molar-refractivity contribution in [3.8, 4) is 5.75 Å². The van der Waals surface area contributed by atoms with Crippen molar-refractivity contribution < 1.29 is 19.1 Å². The highest BCUT2D eigenvalue weighted by atomic mass is 35.5. The minimum absolute atomic E-state index is 0.0436. The maximum atomic E-state index is 12.7. The molecule has 0 bridgehead atoms. The van der Waals surface area contributed by atoms with Gasteiger partial charge in [0.2, 0.25) is 5.91 Å². The van der Waals surface area contributed by atoms with Gasteiger partial charge in [-0.2, -0.15) is 0 Å². The van der Waals surface area contributed by atoms with Crippen LogP contribution >= 0.6 is 11.6 Å². The number of fused-ring (bicyclic) bond motifs is 1. The molecule has 1 N–H and O–H groups in total. The van der Waals surface area contributed by atoms with E-state index in [9.17, 15) is 9.59 Å². The van der Waals surface area contributed by atoms with Crippen molar-refractivity contribution in [2.24, 2.45) is 0 Å². The van der Waals surface area contributed by atoms with Crippen LogP contribution in [0.4, 0.5) is 11.4 Å². The number of amides is 2. The molecule has 0 radical (unpaired) electrons. The van der Waals surface area contributed by atoms with Crippen LogP contribution in [0.2, 0.25) is 5.02 Å². The van der Waals surface area contributed by atoms with Crippen LogP contribution in [0.15, 0.2) is 42.5 Å². The number of nitrogens with zero attached hydrogens (tertiary/aromatic N) is 1. The Morgan fingerprint density at radius 1 is 1.27 bits per heavy atom. The average molecular weight is 375 g/mol. The Balaban J connectivity index is 1.90. The highest BCUT2D eigenvalue weighted by molar-refractivity contribution is 6.30. The number of benzene rings is 2. The van der Waals surface area contributed by atoms with Crippen molar-refractivity contribution in [3.63, 3.8) is 0 Å². The standard InChI is InChI=1S/C19H19ClN2O4/c1-12-19(24)22(10-13-3-5-14(20)6-4-13)16-9-15(7-8-17(16)26-12)21-18(23)11-25-2/h3-9,12H,10-11H2,1-2H3,(H,21,23). The second kappa shape index (κ2) is 7.76. The number of methoxy groups -OCH3 is 1. The maximum Gasteiger partial charge on any atom is 0.268 e. The molecule has 1 unspecified atom stereocenters. The van der Waals surface area contributed by atoms with Crippen molar-refractivity contribution >= 4 is 34.8 Å². The van der Waals surface area contributed by atoms with Gasteiger partial charge in [0, 0.05) is 17.8 Å². The molecule has 0 aliphatic carbocycles. The largest absolute Gasteiger partial charge is 0.479 e. The summed E-state index contributed by atoms with van der Waals surface area (Å²) >= 11 is 5.93. The van der Waals surface area contributed by atoms with Crippen LogP contribution in [-0.4, -0.2) is 31.6 Å². The van der Waals surface area contributed by atoms with E-state index in [0.29, 0.717) is 28.7 Å². The van der Waals surface area contributed by atoms with Crippen molar-refractivity contribution in [2.45, 2.75) is 19.6 Å².